The number of amides is 1. The molecule has 0 saturated heterocycles. The molecule has 2 atom stereocenters. The van der Waals surface area contributed by atoms with Crippen LogP contribution in [0.2, 0.25) is 0 Å². The summed E-state index contributed by atoms with van der Waals surface area (Å²) in [5, 5.41) is 9.85. The van der Waals surface area contributed by atoms with Gasteiger partial charge in [0.25, 0.3) is 5.91 Å². The van der Waals surface area contributed by atoms with Gasteiger partial charge in [0.2, 0.25) is 0 Å². The number of nitrogens with one attached hydrogen (secondary N) is 2. The zero-order chi connectivity index (χ0) is 18.1. The Bertz CT molecular complexity index is 829. The molecule has 0 aliphatic heterocycles. The topological polar surface area (TPSA) is 84.7 Å². The van der Waals surface area contributed by atoms with Crippen LogP contribution in [0.3, 0.4) is 0 Å². The molecule has 1 fully saturated rings. The minimum Gasteiger partial charge on any atom is -0.351 e. The summed E-state index contributed by atoms with van der Waals surface area (Å²) in [7, 11) is 3.70. The minimum atomic E-state index is -0.193. The number of carbonyl (C=O) groups excluding carboxylic acids is 1. The van der Waals surface area contributed by atoms with E-state index in [1.807, 2.05) is 31.5 Å². The summed E-state index contributed by atoms with van der Waals surface area (Å²) in [6.45, 7) is 3.98. The molecule has 2 aromatic heterocycles. The van der Waals surface area contributed by atoms with Crippen molar-refractivity contribution < 1.29 is 4.79 Å². The summed E-state index contributed by atoms with van der Waals surface area (Å²) in [6, 6.07) is 2.06. The quantitative estimate of drug-likeness (QED) is 0.882. The van der Waals surface area contributed by atoms with Crippen molar-refractivity contribution >= 4 is 5.91 Å². The minimum absolute atomic E-state index is 0.00554. The predicted octanol–water partition coefficient (Wildman–Crippen LogP) is 1.60. The fourth-order valence-corrected chi connectivity index (χ4v) is 3.77. The van der Waals surface area contributed by atoms with Gasteiger partial charge in [0, 0.05) is 37.9 Å². The van der Waals surface area contributed by atoms with E-state index in [1.165, 1.54) is 0 Å². The highest BCUT2D eigenvalue weighted by molar-refractivity contribution is 5.95. The molecule has 136 valence electrons. The van der Waals surface area contributed by atoms with Crippen LogP contribution in [0.5, 0.6) is 0 Å². The van der Waals surface area contributed by atoms with Gasteiger partial charge in [0.05, 0.1) is 5.56 Å². The molecular weight excluding hydrogens is 318 g/mol. The first-order chi connectivity index (χ1) is 11.9. The van der Waals surface area contributed by atoms with Crippen molar-refractivity contribution in [3.63, 3.8) is 0 Å². The molecule has 1 aliphatic carbocycles. The zero-order valence-electron chi connectivity index (χ0n) is 15.4. The highest BCUT2D eigenvalue weighted by Crippen LogP contribution is 2.27. The van der Waals surface area contributed by atoms with E-state index in [9.17, 15) is 9.59 Å². The van der Waals surface area contributed by atoms with E-state index >= 15 is 0 Å². The molecule has 3 rings (SSSR count). The number of H-pyrrole nitrogens is 1. The average Bonchev–Trinajstić information content (AvgIpc) is 3.04. The van der Waals surface area contributed by atoms with Gasteiger partial charge < -0.3 is 9.88 Å². The van der Waals surface area contributed by atoms with E-state index in [0.29, 0.717) is 12.3 Å². The number of aromatic nitrogens is 4. The molecule has 1 saturated carbocycles. The van der Waals surface area contributed by atoms with Gasteiger partial charge in [0.1, 0.15) is 5.82 Å². The van der Waals surface area contributed by atoms with E-state index in [4.69, 9.17) is 0 Å². The monoisotopic (exact) mass is 345 g/mol. The van der Waals surface area contributed by atoms with Crippen molar-refractivity contribution in [3.8, 4) is 0 Å². The van der Waals surface area contributed by atoms with E-state index < -0.39 is 0 Å². The molecule has 7 nitrogen and oxygen atoms in total. The second-order valence-electron chi connectivity index (χ2n) is 7.18. The van der Waals surface area contributed by atoms with E-state index in [0.717, 1.165) is 48.5 Å². The van der Waals surface area contributed by atoms with E-state index in [-0.39, 0.29) is 17.6 Å². The molecule has 2 heterocycles. The Balaban J connectivity index is 1.74. The Morgan fingerprint density at radius 2 is 2.00 bits per heavy atom. The number of aromatic amines is 1. The third kappa shape index (κ3) is 3.41. The van der Waals surface area contributed by atoms with Crippen LogP contribution in [0, 0.1) is 19.8 Å². The molecule has 0 radical (unpaired) electrons. The number of rotatable bonds is 4. The molecule has 2 aromatic rings. The number of carbonyl (C=O) groups is 1. The Labute approximate surface area is 147 Å². The standard InChI is InChI=1S/C18H27N5O2/c1-11-9-14(12(2)22(11)3)17(24)19-15-8-6-5-7-13(15)10-16-20-21-18(25)23(16)4/h9,13,15H,5-8,10H2,1-4H3,(H,19,24)(H,21,25)/t13-,15-/m1/s1. The van der Waals surface area contributed by atoms with Crippen molar-refractivity contribution in [2.75, 3.05) is 0 Å². The second kappa shape index (κ2) is 6.90. The normalized spacial score (nSPS) is 20.6. The van der Waals surface area contributed by atoms with Crippen LogP contribution in [0.15, 0.2) is 10.9 Å². The van der Waals surface area contributed by atoms with Crippen molar-refractivity contribution in [1.82, 2.24) is 24.6 Å². The third-order valence-electron chi connectivity index (χ3n) is 5.66. The molecule has 0 unspecified atom stereocenters. The molecule has 0 spiro atoms. The summed E-state index contributed by atoms with van der Waals surface area (Å²) >= 11 is 0. The first-order valence-corrected chi connectivity index (χ1v) is 8.92. The average molecular weight is 345 g/mol. The maximum Gasteiger partial charge on any atom is 0.343 e. The van der Waals surface area contributed by atoms with Gasteiger partial charge in [-0.05, 0) is 38.7 Å². The lowest BCUT2D eigenvalue weighted by Crippen LogP contribution is -2.43. The van der Waals surface area contributed by atoms with Crippen molar-refractivity contribution in [2.24, 2.45) is 20.0 Å². The van der Waals surface area contributed by atoms with Crippen LogP contribution in [0.25, 0.3) is 0 Å². The number of hydrogen-bond donors (Lipinski definition) is 2. The van der Waals surface area contributed by atoms with Gasteiger partial charge in [-0.3, -0.25) is 9.36 Å². The Hall–Kier alpha value is -2.31. The number of aryl methyl sites for hydroxylation is 1. The highest BCUT2D eigenvalue weighted by Gasteiger charge is 2.29. The van der Waals surface area contributed by atoms with Crippen LogP contribution in [0.4, 0.5) is 0 Å². The molecule has 2 N–H and O–H groups in total. The summed E-state index contributed by atoms with van der Waals surface area (Å²) in [5.41, 5.74) is 2.62. The highest BCUT2D eigenvalue weighted by atomic mass is 16.2. The zero-order valence-corrected chi connectivity index (χ0v) is 15.4. The molecular formula is C18H27N5O2. The molecule has 7 heteroatoms. The van der Waals surface area contributed by atoms with Crippen LogP contribution in [-0.4, -0.2) is 31.3 Å². The fraction of sp³-hybridized carbons (Fsp3) is 0.611. The van der Waals surface area contributed by atoms with Gasteiger partial charge in [-0.1, -0.05) is 12.8 Å². The van der Waals surface area contributed by atoms with Crippen molar-refractivity contribution in [1.29, 1.82) is 0 Å². The molecule has 1 aliphatic rings. The molecule has 0 bridgehead atoms. The van der Waals surface area contributed by atoms with E-state index in [2.05, 4.69) is 15.5 Å². The van der Waals surface area contributed by atoms with Crippen LogP contribution >= 0.6 is 0 Å². The first-order valence-electron chi connectivity index (χ1n) is 8.92. The second-order valence-corrected chi connectivity index (χ2v) is 7.18. The molecule has 0 aromatic carbocycles. The van der Waals surface area contributed by atoms with Crippen LogP contribution in [0.1, 0.15) is 53.3 Å². The van der Waals surface area contributed by atoms with Crippen LogP contribution in [-0.2, 0) is 20.5 Å². The third-order valence-corrected chi connectivity index (χ3v) is 5.66. The smallest absolute Gasteiger partial charge is 0.343 e. The lowest BCUT2D eigenvalue weighted by atomic mass is 9.82. The number of hydrogen-bond acceptors (Lipinski definition) is 3. The maximum atomic E-state index is 12.8. The summed E-state index contributed by atoms with van der Waals surface area (Å²) < 4.78 is 3.59. The Morgan fingerprint density at radius 3 is 2.60 bits per heavy atom. The lowest BCUT2D eigenvalue weighted by molar-refractivity contribution is 0.0904. The lowest BCUT2D eigenvalue weighted by Gasteiger charge is -2.32. The van der Waals surface area contributed by atoms with Gasteiger partial charge >= 0.3 is 5.69 Å². The molecule has 25 heavy (non-hydrogen) atoms. The SMILES string of the molecule is Cc1cc(C(=O)N[C@@H]2CCCC[C@@H]2Cc2n[nH]c(=O)n2C)c(C)n1C. The largest absolute Gasteiger partial charge is 0.351 e. The number of nitrogens with zero attached hydrogens (tertiary/aromatic N) is 3. The van der Waals surface area contributed by atoms with Crippen molar-refractivity contribution in [2.45, 2.75) is 52.0 Å². The van der Waals surface area contributed by atoms with Gasteiger partial charge in [0.15, 0.2) is 0 Å². The summed E-state index contributed by atoms with van der Waals surface area (Å²) in [5.74, 6) is 1.05. The molecule has 1 amide bonds. The first kappa shape index (κ1) is 17.5. The van der Waals surface area contributed by atoms with Gasteiger partial charge in [-0.25, -0.2) is 9.89 Å². The fourth-order valence-electron chi connectivity index (χ4n) is 3.77. The Morgan fingerprint density at radius 1 is 1.28 bits per heavy atom. The maximum absolute atomic E-state index is 12.8. The predicted molar refractivity (Wildman–Crippen MR) is 95.6 cm³/mol. The van der Waals surface area contributed by atoms with Crippen molar-refractivity contribution in [3.05, 3.63) is 39.3 Å². The van der Waals surface area contributed by atoms with Crippen LogP contribution < -0.4 is 11.0 Å². The summed E-state index contributed by atoms with van der Waals surface area (Å²) in [6.07, 6.45) is 4.98. The van der Waals surface area contributed by atoms with Gasteiger partial charge in [-0.15, -0.1) is 0 Å². The van der Waals surface area contributed by atoms with Gasteiger partial charge in [-0.2, -0.15) is 5.10 Å². The summed E-state index contributed by atoms with van der Waals surface area (Å²) in [4.78, 5) is 24.3. The van der Waals surface area contributed by atoms with E-state index in [1.54, 1.807) is 11.6 Å². The Kier molecular flexibility index (Phi) is 4.83.